The van der Waals surface area contributed by atoms with Gasteiger partial charge in [-0.15, -0.1) is 10.2 Å². The van der Waals surface area contributed by atoms with Gasteiger partial charge in [0, 0.05) is 5.02 Å². The molecule has 2 rings (SSSR count). The average molecular weight is 348 g/mol. The van der Waals surface area contributed by atoms with Crippen LogP contribution in [0.2, 0.25) is 5.02 Å². The molecule has 5 nitrogen and oxygen atoms in total. The molecule has 112 valence electrons. The summed E-state index contributed by atoms with van der Waals surface area (Å²) in [4.78, 5) is 11.7. The van der Waals surface area contributed by atoms with E-state index in [1.54, 1.807) is 11.8 Å². The molecular formula is C12H11ClFN3O2S2. The molecule has 0 saturated heterocycles. The zero-order valence-electron chi connectivity index (χ0n) is 10.9. The van der Waals surface area contributed by atoms with Crippen LogP contribution in [0.25, 0.3) is 0 Å². The number of nitrogens with one attached hydrogen (secondary N) is 1. The molecule has 0 fully saturated rings. The third-order valence-corrected chi connectivity index (χ3v) is 3.83. The van der Waals surface area contributed by atoms with Gasteiger partial charge in [-0.1, -0.05) is 23.4 Å². The molecular weight excluding hydrogens is 337 g/mol. The number of carbonyl (C=O) groups excluding carboxylic acids is 1. The van der Waals surface area contributed by atoms with E-state index in [2.05, 4.69) is 15.5 Å². The molecule has 0 saturated carbocycles. The molecule has 0 atom stereocenters. The van der Waals surface area contributed by atoms with E-state index in [4.69, 9.17) is 16.0 Å². The Morgan fingerprint density at radius 1 is 1.48 bits per heavy atom. The Balaban J connectivity index is 1.88. The van der Waals surface area contributed by atoms with Crippen LogP contribution in [0.5, 0.6) is 0 Å². The molecule has 9 heteroatoms. The van der Waals surface area contributed by atoms with Crippen LogP contribution in [0.4, 0.5) is 10.1 Å². The molecule has 1 heterocycles. The number of thioether (sulfide) groups is 2. The number of hydrogen-bond donors (Lipinski definition) is 1. The number of amides is 1. The van der Waals surface area contributed by atoms with Gasteiger partial charge in [0.15, 0.2) is 0 Å². The fourth-order valence-electron chi connectivity index (χ4n) is 1.39. The number of hydrogen-bond acceptors (Lipinski definition) is 6. The van der Waals surface area contributed by atoms with Gasteiger partial charge in [-0.3, -0.25) is 4.79 Å². The van der Waals surface area contributed by atoms with Gasteiger partial charge in [-0.2, -0.15) is 11.8 Å². The Morgan fingerprint density at radius 3 is 3.05 bits per heavy atom. The molecule has 0 unspecified atom stereocenters. The number of anilines is 1. The minimum Gasteiger partial charge on any atom is -0.415 e. The molecule has 21 heavy (non-hydrogen) atoms. The second-order valence-electron chi connectivity index (χ2n) is 3.86. The fourth-order valence-corrected chi connectivity index (χ4v) is 2.50. The van der Waals surface area contributed by atoms with Crippen LogP contribution in [-0.2, 0) is 10.5 Å². The zero-order valence-corrected chi connectivity index (χ0v) is 13.3. The van der Waals surface area contributed by atoms with Crippen LogP contribution in [0, 0.1) is 5.82 Å². The summed E-state index contributed by atoms with van der Waals surface area (Å²) in [5.41, 5.74) is 0.0432. The SMILES string of the molecule is CSCc1nnc(SCC(=O)Nc2cc(Cl)ccc2F)o1. The van der Waals surface area contributed by atoms with Gasteiger partial charge in [0.05, 0.1) is 17.2 Å². The summed E-state index contributed by atoms with van der Waals surface area (Å²) in [6, 6.07) is 3.95. The normalized spacial score (nSPS) is 10.6. The monoisotopic (exact) mass is 347 g/mol. The summed E-state index contributed by atoms with van der Waals surface area (Å²) in [5, 5.41) is 10.7. The number of nitrogens with zero attached hydrogens (tertiary/aromatic N) is 2. The van der Waals surface area contributed by atoms with Crippen LogP contribution in [-0.4, -0.2) is 28.1 Å². The molecule has 0 spiro atoms. The van der Waals surface area contributed by atoms with Crippen molar-refractivity contribution in [3.05, 3.63) is 34.9 Å². The summed E-state index contributed by atoms with van der Waals surface area (Å²) >= 11 is 8.39. The van der Waals surface area contributed by atoms with Crippen molar-refractivity contribution in [1.82, 2.24) is 10.2 Å². The van der Waals surface area contributed by atoms with E-state index in [0.717, 1.165) is 11.8 Å². The second kappa shape index (κ2) is 7.67. The lowest BCUT2D eigenvalue weighted by atomic mass is 10.3. The minimum absolute atomic E-state index is 0.0346. The van der Waals surface area contributed by atoms with Gasteiger partial charge in [0.1, 0.15) is 5.82 Å². The Labute approximate surface area is 134 Å². The molecule has 1 aromatic heterocycles. The summed E-state index contributed by atoms with van der Waals surface area (Å²) in [5.74, 6) is 0.232. The maximum atomic E-state index is 13.5. The minimum atomic E-state index is -0.544. The molecule has 0 bridgehead atoms. The van der Waals surface area contributed by atoms with E-state index in [0.29, 0.717) is 21.9 Å². The predicted octanol–water partition coefficient (Wildman–Crippen LogP) is 3.46. The highest BCUT2D eigenvalue weighted by Gasteiger charge is 2.11. The molecule has 0 aliphatic carbocycles. The largest absolute Gasteiger partial charge is 0.415 e. The number of halogens is 2. The summed E-state index contributed by atoms with van der Waals surface area (Å²) in [6.07, 6.45) is 1.92. The fraction of sp³-hybridized carbons (Fsp3) is 0.250. The summed E-state index contributed by atoms with van der Waals surface area (Å²) < 4.78 is 18.8. The zero-order chi connectivity index (χ0) is 15.2. The van der Waals surface area contributed by atoms with E-state index in [1.807, 2.05) is 6.26 Å². The number of rotatable bonds is 6. The maximum absolute atomic E-state index is 13.5. The highest BCUT2D eigenvalue weighted by molar-refractivity contribution is 7.99. The summed E-state index contributed by atoms with van der Waals surface area (Å²) in [6.45, 7) is 0. The van der Waals surface area contributed by atoms with E-state index in [1.165, 1.54) is 18.2 Å². The molecule has 0 aliphatic heterocycles. The lowest BCUT2D eigenvalue weighted by molar-refractivity contribution is -0.113. The first kappa shape index (κ1) is 16.1. The van der Waals surface area contributed by atoms with Gasteiger partial charge in [-0.25, -0.2) is 4.39 Å². The van der Waals surface area contributed by atoms with Crippen LogP contribution >= 0.6 is 35.1 Å². The van der Waals surface area contributed by atoms with Crippen molar-refractivity contribution in [1.29, 1.82) is 0 Å². The van der Waals surface area contributed by atoms with Crippen LogP contribution in [0.15, 0.2) is 27.8 Å². The van der Waals surface area contributed by atoms with Crippen LogP contribution in [0.1, 0.15) is 5.89 Å². The van der Waals surface area contributed by atoms with Crippen molar-refractivity contribution in [2.24, 2.45) is 0 Å². The Hall–Kier alpha value is -1.25. The highest BCUT2D eigenvalue weighted by atomic mass is 35.5. The third kappa shape index (κ3) is 4.90. The van der Waals surface area contributed by atoms with Gasteiger partial charge >= 0.3 is 0 Å². The van der Waals surface area contributed by atoms with Gasteiger partial charge in [0.2, 0.25) is 11.8 Å². The van der Waals surface area contributed by atoms with Crippen molar-refractivity contribution in [2.75, 3.05) is 17.3 Å². The molecule has 1 N–H and O–H groups in total. The van der Waals surface area contributed by atoms with Gasteiger partial charge in [-0.05, 0) is 24.5 Å². The van der Waals surface area contributed by atoms with Crippen molar-refractivity contribution in [2.45, 2.75) is 11.0 Å². The lowest BCUT2D eigenvalue weighted by Gasteiger charge is -2.05. The average Bonchev–Trinajstić information content (AvgIpc) is 2.89. The molecule has 0 radical (unpaired) electrons. The van der Waals surface area contributed by atoms with Gasteiger partial charge < -0.3 is 9.73 Å². The van der Waals surface area contributed by atoms with Crippen molar-refractivity contribution >= 4 is 46.7 Å². The van der Waals surface area contributed by atoms with Crippen molar-refractivity contribution in [3.8, 4) is 0 Å². The number of aromatic nitrogens is 2. The predicted molar refractivity (Wildman–Crippen MR) is 82.3 cm³/mol. The highest BCUT2D eigenvalue weighted by Crippen LogP contribution is 2.21. The topological polar surface area (TPSA) is 68.0 Å². The first-order chi connectivity index (χ1) is 10.1. The van der Waals surface area contributed by atoms with E-state index in [-0.39, 0.29) is 17.3 Å². The number of benzene rings is 1. The number of carbonyl (C=O) groups is 1. The van der Waals surface area contributed by atoms with Crippen LogP contribution < -0.4 is 5.32 Å². The third-order valence-electron chi connectivity index (χ3n) is 2.25. The standard InChI is InChI=1S/C12H11ClFN3O2S2/c1-20-6-11-16-17-12(19-11)21-5-10(18)15-9-4-7(13)2-3-8(9)14/h2-4H,5-6H2,1H3,(H,15,18). The smallest absolute Gasteiger partial charge is 0.277 e. The lowest BCUT2D eigenvalue weighted by Crippen LogP contribution is -2.15. The molecule has 1 aromatic carbocycles. The Bertz CT molecular complexity index is 639. The van der Waals surface area contributed by atoms with Crippen molar-refractivity contribution in [3.63, 3.8) is 0 Å². The molecule has 0 aliphatic rings. The molecule has 1 amide bonds. The Morgan fingerprint density at radius 2 is 2.29 bits per heavy atom. The van der Waals surface area contributed by atoms with E-state index < -0.39 is 5.82 Å². The van der Waals surface area contributed by atoms with Crippen molar-refractivity contribution < 1.29 is 13.6 Å². The summed E-state index contributed by atoms with van der Waals surface area (Å²) in [7, 11) is 0. The quantitative estimate of drug-likeness (QED) is 0.807. The van der Waals surface area contributed by atoms with Crippen LogP contribution in [0.3, 0.4) is 0 Å². The Kier molecular flexibility index (Phi) is 5.89. The first-order valence-corrected chi connectivity index (χ1v) is 8.53. The molecule has 2 aromatic rings. The van der Waals surface area contributed by atoms with E-state index in [9.17, 15) is 9.18 Å². The maximum Gasteiger partial charge on any atom is 0.277 e. The van der Waals surface area contributed by atoms with E-state index >= 15 is 0 Å². The first-order valence-electron chi connectivity index (χ1n) is 5.77. The van der Waals surface area contributed by atoms with Gasteiger partial charge in [0.25, 0.3) is 5.22 Å². The second-order valence-corrected chi connectivity index (χ2v) is 6.08.